The van der Waals surface area contributed by atoms with Gasteiger partial charge in [-0.2, -0.15) is 0 Å². The SMILES string of the molecule is CCCCCCCC(C)(C)c1ncccc1Cl. The van der Waals surface area contributed by atoms with Gasteiger partial charge in [-0.15, -0.1) is 0 Å². The number of unbranched alkanes of at least 4 members (excludes halogenated alkanes) is 4. The Balaban J connectivity index is 2.48. The van der Waals surface area contributed by atoms with E-state index in [0.29, 0.717) is 0 Å². The third-order valence-electron chi connectivity index (χ3n) is 3.30. The van der Waals surface area contributed by atoms with Crippen molar-refractivity contribution in [3.63, 3.8) is 0 Å². The number of pyridine rings is 1. The molecule has 2 heteroatoms. The summed E-state index contributed by atoms with van der Waals surface area (Å²) in [7, 11) is 0. The van der Waals surface area contributed by atoms with E-state index in [1.165, 1.54) is 32.1 Å². The maximum atomic E-state index is 6.21. The summed E-state index contributed by atoms with van der Waals surface area (Å²) in [6, 6.07) is 3.83. The van der Waals surface area contributed by atoms with Gasteiger partial charge in [0.25, 0.3) is 0 Å². The zero-order valence-electron chi connectivity index (χ0n) is 11.3. The maximum absolute atomic E-state index is 6.21. The molecule has 96 valence electrons. The Kier molecular flexibility index (Phi) is 5.97. The first-order valence-electron chi connectivity index (χ1n) is 6.69. The van der Waals surface area contributed by atoms with Crippen LogP contribution in [0.3, 0.4) is 0 Å². The minimum Gasteiger partial charge on any atom is -0.259 e. The second kappa shape index (κ2) is 7.00. The Hall–Kier alpha value is -0.560. The number of hydrogen-bond acceptors (Lipinski definition) is 1. The van der Waals surface area contributed by atoms with Crippen molar-refractivity contribution >= 4 is 11.6 Å². The van der Waals surface area contributed by atoms with Gasteiger partial charge in [-0.25, -0.2) is 0 Å². The lowest BCUT2D eigenvalue weighted by molar-refractivity contribution is 0.433. The molecule has 0 amide bonds. The normalized spacial score (nSPS) is 11.8. The van der Waals surface area contributed by atoms with Crippen molar-refractivity contribution in [2.45, 2.75) is 64.7 Å². The summed E-state index contributed by atoms with van der Waals surface area (Å²) in [6.07, 6.45) is 9.58. The second-order valence-corrected chi connectivity index (χ2v) is 5.79. The minimum atomic E-state index is 0.0879. The highest BCUT2D eigenvalue weighted by atomic mass is 35.5. The van der Waals surface area contributed by atoms with Crippen molar-refractivity contribution in [3.8, 4) is 0 Å². The maximum Gasteiger partial charge on any atom is 0.0645 e. The van der Waals surface area contributed by atoms with E-state index in [4.69, 9.17) is 11.6 Å². The minimum absolute atomic E-state index is 0.0879. The fourth-order valence-corrected chi connectivity index (χ4v) is 2.55. The average molecular weight is 254 g/mol. The summed E-state index contributed by atoms with van der Waals surface area (Å²) in [4.78, 5) is 4.43. The van der Waals surface area contributed by atoms with Crippen LogP contribution in [0.15, 0.2) is 18.3 Å². The van der Waals surface area contributed by atoms with Gasteiger partial charge >= 0.3 is 0 Å². The average Bonchev–Trinajstić information content (AvgIpc) is 2.29. The van der Waals surface area contributed by atoms with E-state index in [2.05, 4.69) is 25.8 Å². The van der Waals surface area contributed by atoms with Gasteiger partial charge in [-0.3, -0.25) is 4.98 Å². The number of halogens is 1. The van der Waals surface area contributed by atoms with Crippen molar-refractivity contribution in [2.75, 3.05) is 0 Å². The van der Waals surface area contributed by atoms with Crippen molar-refractivity contribution < 1.29 is 0 Å². The zero-order valence-corrected chi connectivity index (χ0v) is 12.1. The molecule has 1 heterocycles. The molecule has 1 aromatic rings. The first-order chi connectivity index (χ1) is 8.08. The van der Waals surface area contributed by atoms with Crippen LogP contribution in [0.1, 0.15) is 65.0 Å². The highest BCUT2D eigenvalue weighted by Gasteiger charge is 2.23. The fourth-order valence-electron chi connectivity index (χ4n) is 2.17. The Labute approximate surface area is 111 Å². The largest absolute Gasteiger partial charge is 0.259 e. The van der Waals surface area contributed by atoms with Gasteiger partial charge in [0.1, 0.15) is 0 Å². The van der Waals surface area contributed by atoms with E-state index in [0.717, 1.165) is 17.1 Å². The third kappa shape index (κ3) is 4.67. The molecule has 17 heavy (non-hydrogen) atoms. The third-order valence-corrected chi connectivity index (χ3v) is 3.61. The molecule has 0 atom stereocenters. The van der Waals surface area contributed by atoms with E-state index >= 15 is 0 Å². The van der Waals surface area contributed by atoms with Crippen LogP contribution in [0.4, 0.5) is 0 Å². The second-order valence-electron chi connectivity index (χ2n) is 5.38. The van der Waals surface area contributed by atoms with Gasteiger partial charge in [-0.05, 0) is 18.6 Å². The summed E-state index contributed by atoms with van der Waals surface area (Å²) in [5.41, 5.74) is 1.13. The standard InChI is InChI=1S/C15H24ClN/c1-4-5-6-7-8-11-15(2,3)14-13(16)10-9-12-17-14/h9-10,12H,4-8,11H2,1-3H3. The zero-order chi connectivity index (χ0) is 12.7. The van der Waals surface area contributed by atoms with Gasteiger partial charge < -0.3 is 0 Å². The van der Waals surface area contributed by atoms with E-state index in [1.54, 1.807) is 0 Å². The molecule has 0 radical (unpaired) electrons. The lowest BCUT2D eigenvalue weighted by atomic mass is 9.83. The Morgan fingerprint density at radius 3 is 2.53 bits per heavy atom. The summed E-state index contributed by atoms with van der Waals surface area (Å²) in [5, 5.41) is 0.797. The van der Waals surface area contributed by atoms with Crippen LogP contribution in [-0.4, -0.2) is 4.98 Å². The molecule has 1 aromatic heterocycles. The molecule has 0 saturated carbocycles. The quantitative estimate of drug-likeness (QED) is 0.595. The smallest absolute Gasteiger partial charge is 0.0645 e. The summed E-state index contributed by atoms with van der Waals surface area (Å²) in [6.45, 7) is 6.72. The van der Waals surface area contributed by atoms with Crippen LogP contribution in [0.25, 0.3) is 0 Å². The predicted molar refractivity (Wildman–Crippen MR) is 75.6 cm³/mol. The van der Waals surface area contributed by atoms with E-state index in [1.807, 2.05) is 18.3 Å². The lowest BCUT2D eigenvalue weighted by Crippen LogP contribution is -2.19. The lowest BCUT2D eigenvalue weighted by Gasteiger charge is -2.25. The van der Waals surface area contributed by atoms with Crippen molar-refractivity contribution in [3.05, 3.63) is 29.0 Å². The van der Waals surface area contributed by atoms with Crippen molar-refractivity contribution in [1.82, 2.24) is 4.98 Å². The molecule has 0 aliphatic rings. The van der Waals surface area contributed by atoms with Crippen LogP contribution in [0.5, 0.6) is 0 Å². The number of nitrogens with zero attached hydrogens (tertiary/aromatic N) is 1. The topological polar surface area (TPSA) is 12.9 Å². The molecule has 0 aliphatic heterocycles. The molecule has 0 aromatic carbocycles. The summed E-state index contributed by atoms with van der Waals surface area (Å²) in [5.74, 6) is 0. The van der Waals surface area contributed by atoms with Gasteiger partial charge in [0.2, 0.25) is 0 Å². The van der Waals surface area contributed by atoms with Crippen molar-refractivity contribution in [1.29, 1.82) is 0 Å². The fraction of sp³-hybridized carbons (Fsp3) is 0.667. The molecule has 0 aliphatic carbocycles. The van der Waals surface area contributed by atoms with Gasteiger partial charge in [0.05, 0.1) is 10.7 Å². The molecule has 0 spiro atoms. The summed E-state index contributed by atoms with van der Waals surface area (Å²) >= 11 is 6.21. The summed E-state index contributed by atoms with van der Waals surface area (Å²) < 4.78 is 0. The molecular formula is C15H24ClN. The Morgan fingerprint density at radius 1 is 1.18 bits per heavy atom. The number of hydrogen-bond donors (Lipinski definition) is 0. The number of aromatic nitrogens is 1. The monoisotopic (exact) mass is 253 g/mol. The molecular weight excluding hydrogens is 230 g/mol. The highest BCUT2D eigenvalue weighted by Crippen LogP contribution is 2.32. The highest BCUT2D eigenvalue weighted by molar-refractivity contribution is 6.31. The molecule has 0 N–H and O–H groups in total. The van der Waals surface area contributed by atoms with Crippen LogP contribution in [-0.2, 0) is 5.41 Å². The molecule has 0 unspecified atom stereocenters. The predicted octanol–water partition coefficient (Wildman–Crippen LogP) is 5.37. The first kappa shape index (κ1) is 14.5. The van der Waals surface area contributed by atoms with Gasteiger partial charge in [-0.1, -0.05) is 64.5 Å². The van der Waals surface area contributed by atoms with E-state index in [9.17, 15) is 0 Å². The van der Waals surface area contributed by atoms with Crippen molar-refractivity contribution in [2.24, 2.45) is 0 Å². The Bertz CT molecular complexity index is 333. The molecule has 1 rings (SSSR count). The van der Waals surface area contributed by atoms with Gasteiger partial charge in [0, 0.05) is 11.6 Å². The Morgan fingerprint density at radius 2 is 1.88 bits per heavy atom. The molecule has 0 saturated heterocycles. The molecule has 0 bridgehead atoms. The van der Waals surface area contributed by atoms with Crippen LogP contribution in [0, 0.1) is 0 Å². The van der Waals surface area contributed by atoms with Crippen LogP contribution in [0.2, 0.25) is 5.02 Å². The van der Waals surface area contributed by atoms with Crippen LogP contribution < -0.4 is 0 Å². The van der Waals surface area contributed by atoms with Crippen LogP contribution >= 0.6 is 11.6 Å². The van der Waals surface area contributed by atoms with E-state index < -0.39 is 0 Å². The molecule has 1 nitrogen and oxygen atoms in total. The first-order valence-corrected chi connectivity index (χ1v) is 7.06. The number of rotatable bonds is 7. The molecule has 0 fully saturated rings. The van der Waals surface area contributed by atoms with E-state index in [-0.39, 0.29) is 5.41 Å². The van der Waals surface area contributed by atoms with Gasteiger partial charge in [0.15, 0.2) is 0 Å².